The molecular weight excluding hydrogens is 358 g/mol. The molecule has 0 saturated heterocycles. The molecule has 2 atom stereocenters. The summed E-state index contributed by atoms with van der Waals surface area (Å²) in [5.74, 6) is -0.929. The van der Waals surface area contributed by atoms with Crippen LogP contribution in [0.2, 0.25) is 5.02 Å². The van der Waals surface area contributed by atoms with E-state index in [1.54, 1.807) is 31.2 Å². The van der Waals surface area contributed by atoms with Gasteiger partial charge in [-0.05, 0) is 37.6 Å². The molecular formula is C18H18ClN3O4. The van der Waals surface area contributed by atoms with Crippen molar-refractivity contribution in [1.82, 2.24) is 10.6 Å². The molecule has 26 heavy (non-hydrogen) atoms. The van der Waals surface area contributed by atoms with Gasteiger partial charge in [0.1, 0.15) is 6.04 Å². The summed E-state index contributed by atoms with van der Waals surface area (Å²) in [6.07, 6.45) is 0. The zero-order valence-electron chi connectivity index (χ0n) is 14.2. The Morgan fingerprint density at radius 3 is 2.35 bits per heavy atom. The average Bonchev–Trinajstić information content (AvgIpc) is 2.62. The summed E-state index contributed by atoms with van der Waals surface area (Å²) in [6.45, 7) is 3.36. The van der Waals surface area contributed by atoms with Crippen molar-refractivity contribution in [2.75, 3.05) is 0 Å². The van der Waals surface area contributed by atoms with E-state index < -0.39 is 16.9 Å². The van der Waals surface area contributed by atoms with Crippen LogP contribution in [0.15, 0.2) is 48.5 Å². The van der Waals surface area contributed by atoms with Gasteiger partial charge < -0.3 is 10.6 Å². The van der Waals surface area contributed by atoms with Crippen LogP contribution in [-0.4, -0.2) is 22.8 Å². The Labute approximate surface area is 155 Å². The van der Waals surface area contributed by atoms with Gasteiger partial charge in [0.2, 0.25) is 5.91 Å². The van der Waals surface area contributed by atoms with E-state index in [2.05, 4.69) is 10.6 Å². The Balaban J connectivity index is 1.97. The number of hydrogen-bond acceptors (Lipinski definition) is 4. The van der Waals surface area contributed by atoms with Crippen molar-refractivity contribution in [3.63, 3.8) is 0 Å². The molecule has 0 aliphatic rings. The quantitative estimate of drug-likeness (QED) is 0.597. The van der Waals surface area contributed by atoms with E-state index in [0.717, 1.165) is 11.6 Å². The summed E-state index contributed by atoms with van der Waals surface area (Å²) in [6, 6.07) is 11.3. The number of benzene rings is 2. The van der Waals surface area contributed by atoms with Crippen LogP contribution in [0.5, 0.6) is 0 Å². The Bertz CT molecular complexity index is 823. The lowest BCUT2D eigenvalue weighted by molar-refractivity contribution is -0.384. The van der Waals surface area contributed by atoms with Gasteiger partial charge in [-0.15, -0.1) is 0 Å². The molecule has 0 aliphatic carbocycles. The number of nitrogens with one attached hydrogen (secondary N) is 2. The molecule has 0 spiro atoms. The number of amides is 2. The van der Waals surface area contributed by atoms with Crippen molar-refractivity contribution < 1.29 is 14.5 Å². The molecule has 136 valence electrons. The van der Waals surface area contributed by atoms with Crippen LogP contribution in [0, 0.1) is 10.1 Å². The smallest absolute Gasteiger partial charge is 0.270 e. The van der Waals surface area contributed by atoms with Crippen molar-refractivity contribution in [1.29, 1.82) is 0 Å². The number of hydrogen-bond donors (Lipinski definition) is 2. The fraction of sp³-hybridized carbons (Fsp3) is 0.222. The minimum atomic E-state index is -0.809. The standard InChI is InChI=1S/C18H18ClN3O4/c1-11(13-6-8-15(19)9-7-13)20-17(23)12(2)21-18(24)14-4-3-5-16(10-14)22(25)26/h3-12H,1-2H3,(H,20,23)(H,21,24)/t11?,12-/m0/s1. The number of carbonyl (C=O) groups is 2. The number of halogens is 1. The highest BCUT2D eigenvalue weighted by Crippen LogP contribution is 2.16. The van der Waals surface area contributed by atoms with Crippen LogP contribution >= 0.6 is 11.6 Å². The molecule has 1 unspecified atom stereocenters. The molecule has 0 saturated carbocycles. The topological polar surface area (TPSA) is 101 Å². The summed E-state index contributed by atoms with van der Waals surface area (Å²) in [5, 5.41) is 16.7. The first kappa shape index (κ1) is 19.4. The van der Waals surface area contributed by atoms with Crippen LogP contribution in [-0.2, 0) is 4.79 Å². The first-order valence-corrected chi connectivity index (χ1v) is 8.27. The molecule has 0 fully saturated rings. The Morgan fingerprint density at radius 1 is 1.08 bits per heavy atom. The van der Waals surface area contributed by atoms with Crippen molar-refractivity contribution in [3.8, 4) is 0 Å². The highest BCUT2D eigenvalue weighted by atomic mass is 35.5. The molecule has 2 aromatic rings. The molecule has 2 amide bonds. The van der Waals surface area contributed by atoms with E-state index >= 15 is 0 Å². The van der Waals surface area contributed by atoms with Crippen molar-refractivity contribution in [3.05, 3.63) is 74.8 Å². The zero-order chi connectivity index (χ0) is 19.3. The average molecular weight is 376 g/mol. The lowest BCUT2D eigenvalue weighted by atomic mass is 10.1. The number of rotatable bonds is 6. The second-order valence-corrected chi connectivity index (χ2v) is 6.22. The molecule has 0 heterocycles. The van der Waals surface area contributed by atoms with Gasteiger partial charge in [0.25, 0.3) is 11.6 Å². The van der Waals surface area contributed by atoms with E-state index in [1.807, 2.05) is 6.92 Å². The minimum absolute atomic E-state index is 0.115. The van der Waals surface area contributed by atoms with Gasteiger partial charge in [-0.25, -0.2) is 0 Å². The molecule has 2 aromatic carbocycles. The van der Waals surface area contributed by atoms with Crippen LogP contribution in [0.3, 0.4) is 0 Å². The van der Waals surface area contributed by atoms with Crippen LogP contribution < -0.4 is 10.6 Å². The van der Waals surface area contributed by atoms with Crippen LogP contribution in [0.4, 0.5) is 5.69 Å². The van der Waals surface area contributed by atoms with Crippen LogP contribution in [0.1, 0.15) is 35.8 Å². The van der Waals surface area contributed by atoms with E-state index in [-0.39, 0.29) is 23.2 Å². The first-order chi connectivity index (χ1) is 12.3. The predicted molar refractivity (Wildman–Crippen MR) is 98.0 cm³/mol. The van der Waals surface area contributed by atoms with E-state index in [0.29, 0.717) is 5.02 Å². The van der Waals surface area contributed by atoms with E-state index in [4.69, 9.17) is 11.6 Å². The molecule has 0 radical (unpaired) electrons. The van der Waals surface area contributed by atoms with Crippen molar-refractivity contribution in [2.45, 2.75) is 25.9 Å². The lowest BCUT2D eigenvalue weighted by Crippen LogP contribution is -2.45. The monoisotopic (exact) mass is 375 g/mol. The number of non-ortho nitro benzene ring substituents is 1. The highest BCUT2D eigenvalue weighted by Gasteiger charge is 2.20. The molecule has 2 N–H and O–H groups in total. The molecule has 0 aliphatic heterocycles. The third-order valence-corrected chi connectivity index (χ3v) is 4.04. The van der Waals surface area contributed by atoms with Crippen LogP contribution in [0.25, 0.3) is 0 Å². The second-order valence-electron chi connectivity index (χ2n) is 5.78. The molecule has 8 heteroatoms. The predicted octanol–water partition coefficient (Wildman–Crippen LogP) is 3.24. The molecule has 7 nitrogen and oxygen atoms in total. The maximum absolute atomic E-state index is 12.3. The minimum Gasteiger partial charge on any atom is -0.348 e. The largest absolute Gasteiger partial charge is 0.348 e. The third kappa shape index (κ3) is 5.03. The summed E-state index contributed by atoms with van der Waals surface area (Å²) < 4.78 is 0. The Morgan fingerprint density at radius 2 is 1.73 bits per heavy atom. The van der Waals surface area contributed by atoms with E-state index in [1.165, 1.54) is 18.2 Å². The van der Waals surface area contributed by atoms with Gasteiger partial charge in [0, 0.05) is 22.7 Å². The normalized spacial score (nSPS) is 12.7. The second kappa shape index (κ2) is 8.44. The Kier molecular flexibility index (Phi) is 6.30. The van der Waals surface area contributed by atoms with Crippen molar-refractivity contribution >= 4 is 29.1 Å². The van der Waals surface area contributed by atoms with Gasteiger partial charge in [-0.3, -0.25) is 19.7 Å². The SMILES string of the molecule is CC(NC(=O)[C@H](C)NC(=O)c1cccc([N+](=O)[O-])c1)c1ccc(Cl)cc1. The summed E-state index contributed by atoms with van der Waals surface area (Å²) in [7, 11) is 0. The maximum atomic E-state index is 12.3. The first-order valence-electron chi connectivity index (χ1n) is 7.89. The summed E-state index contributed by atoms with van der Waals surface area (Å²) >= 11 is 5.84. The number of carbonyl (C=O) groups excluding carboxylic acids is 2. The fourth-order valence-electron chi connectivity index (χ4n) is 2.28. The number of nitro groups is 1. The Hall–Kier alpha value is -2.93. The molecule has 0 aromatic heterocycles. The lowest BCUT2D eigenvalue weighted by Gasteiger charge is -2.19. The maximum Gasteiger partial charge on any atom is 0.270 e. The van der Waals surface area contributed by atoms with Gasteiger partial charge in [0.15, 0.2) is 0 Å². The molecule has 0 bridgehead atoms. The number of nitro benzene ring substituents is 1. The number of nitrogens with zero attached hydrogens (tertiary/aromatic N) is 1. The fourth-order valence-corrected chi connectivity index (χ4v) is 2.41. The zero-order valence-corrected chi connectivity index (χ0v) is 15.0. The van der Waals surface area contributed by atoms with E-state index in [9.17, 15) is 19.7 Å². The van der Waals surface area contributed by atoms with Crippen molar-refractivity contribution in [2.24, 2.45) is 0 Å². The van der Waals surface area contributed by atoms with Gasteiger partial charge in [-0.2, -0.15) is 0 Å². The van der Waals surface area contributed by atoms with Gasteiger partial charge in [-0.1, -0.05) is 29.8 Å². The highest BCUT2D eigenvalue weighted by molar-refractivity contribution is 6.30. The summed E-state index contributed by atoms with van der Waals surface area (Å²) in [4.78, 5) is 34.7. The van der Waals surface area contributed by atoms with Gasteiger partial charge in [0.05, 0.1) is 11.0 Å². The summed E-state index contributed by atoms with van der Waals surface area (Å²) in [5.41, 5.74) is 0.802. The van der Waals surface area contributed by atoms with Gasteiger partial charge >= 0.3 is 0 Å². The molecule has 2 rings (SSSR count). The third-order valence-electron chi connectivity index (χ3n) is 3.79.